The number of hydrogen-bond acceptors (Lipinski definition) is 4. The second-order valence-electron chi connectivity index (χ2n) is 4.27. The van der Waals surface area contributed by atoms with E-state index in [0.717, 1.165) is 5.56 Å². The van der Waals surface area contributed by atoms with Crippen LogP contribution in [0.4, 0.5) is 0 Å². The molecule has 0 bridgehead atoms. The average Bonchev–Trinajstić information content (AvgIpc) is 2.83. The zero-order valence-electron chi connectivity index (χ0n) is 10.4. The van der Waals surface area contributed by atoms with Crippen LogP contribution >= 0.6 is 11.6 Å². The minimum absolute atomic E-state index is 0.0668. The van der Waals surface area contributed by atoms with Crippen LogP contribution in [0.25, 0.3) is 17.2 Å². The van der Waals surface area contributed by atoms with Crippen molar-refractivity contribution in [1.82, 2.24) is 19.6 Å². The summed E-state index contributed by atoms with van der Waals surface area (Å²) in [5.74, 6) is -0.603. The molecule has 6 nitrogen and oxygen atoms in total. The number of pyridine rings is 2. The molecule has 3 heterocycles. The first-order chi connectivity index (χ1) is 9.58. The van der Waals surface area contributed by atoms with Crippen molar-refractivity contribution in [3.63, 3.8) is 0 Å². The van der Waals surface area contributed by atoms with Gasteiger partial charge in [-0.15, -0.1) is 10.2 Å². The van der Waals surface area contributed by atoms with Crippen molar-refractivity contribution in [3.8, 4) is 11.5 Å². The predicted molar refractivity (Wildman–Crippen MR) is 72.9 cm³/mol. The van der Waals surface area contributed by atoms with Crippen molar-refractivity contribution >= 4 is 23.2 Å². The number of aromatic nitrogens is 4. The summed E-state index contributed by atoms with van der Waals surface area (Å²) in [6, 6.07) is 5.06. The molecule has 0 fully saturated rings. The van der Waals surface area contributed by atoms with E-state index in [4.69, 9.17) is 16.7 Å². The predicted octanol–water partition coefficient (Wildman–Crippen LogP) is 2.45. The van der Waals surface area contributed by atoms with Gasteiger partial charge in [-0.25, -0.2) is 4.79 Å². The largest absolute Gasteiger partial charge is 0.478 e. The van der Waals surface area contributed by atoms with E-state index in [1.807, 2.05) is 19.1 Å². The van der Waals surface area contributed by atoms with Crippen LogP contribution in [0.15, 0.2) is 30.6 Å². The third-order valence-electron chi connectivity index (χ3n) is 2.93. The van der Waals surface area contributed by atoms with Crippen LogP contribution in [0.2, 0.25) is 5.02 Å². The molecular formula is C13H9ClN4O2. The van der Waals surface area contributed by atoms with E-state index in [0.29, 0.717) is 17.2 Å². The monoisotopic (exact) mass is 288 g/mol. The van der Waals surface area contributed by atoms with E-state index >= 15 is 0 Å². The number of fused-ring (bicyclic) bond motifs is 1. The van der Waals surface area contributed by atoms with Gasteiger partial charge < -0.3 is 5.11 Å². The SMILES string of the molecule is Cc1cccnc1-c1nnc2c(Cl)cc(C(=O)O)cn12. The van der Waals surface area contributed by atoms with Gasteiger partial charge in [-0.05, 0) is 24.6 Å². The number of hydrogen-bond donors (Lipinski definition) is 1. The molecule has 0 aliphatic heterocycles. The molecule has 7 heteroatoms. The molecule has 0 atom stereocenters. The molecule has 3 aromatic rings. The summed E-state index contributed by atoms with van der Waals surface area (Å²) in [6.45, 7) is 1.89. The summed E-state index contributed by atoms with van der Waals surface area (Å²) in [4.78, 5) is 15.4. The Morgan fingerprint density at radius 1 is 1.40 bits per heavy atom. The quantitative estimate of drug-likeness (QED) is 0.783. The van der Waals surface area contributed by atoms with Gasteiger partial charge in [-0.2, -0.15) is 0 Å². The Morgan fingerprint density at radius 2 is 2.20 bits per heavy atom. The lowest BCUT2D eigenvalue weighted by atomic mass is 10.2. The highest BCUT2D eigenvalue weighted by Crippen LogP contribution is 2.24. The second-order valence-corrected chi connectivity index (χ2v) is 4.68. The number of aryl methyl sites for hydroxylation is 1. The molecule has 1 N–H and O–H groups in total. The van der Waals surface area contributed by atoms with E-state index in [1.54, 1.807) is 10.6 Å². The van der Waals surface area contributed by atoms with E-state index in [1.165, 1.54) is 12.3 Å². The summed E-state index contributed by atoms with van der Waals surface area (Å²) in [7, 11) is 0. The number of nitrogens with zero attached hydrogens (tertiary/aromatic N) is 4. The minimum Gasteiger partial charge on any atom is -0.478 e. The van der Waals surface area contributed by atoms with Crippen LogP contribution in [0.5, 0.6) is 0 Å². The van der Waals surface area contributed by atoms with Crippen molar-refractivity contribution in [2.24, 2.45) is 0 Å². The van der Waals surface area contributed by atoms with Gasteiger partial charge in [0.25, 0.3) is 0 Å². The maximum atomic E-state index is 11.1. The first-order valence-electron chi connectivity index (χ1n) is 5.77. The van der Waals surface area contributed by atoms with Gasteiger partial charge in [-0.1, -0.05) is 17.7 Å². The van der Waals surface area contributed by atoms with Gasteiger partial charge >= 0.3 is 5.97 Å². The topological polar surface area (TPSA) is 80.4 Å². The van der Waals surface area contributed by atoms with E-state index < -0.39 is 5.97 Å². The standard InChI is InChI=1S/C13H9ClN4O2/c1-7-3-2-4-15-10(7)12-17-16-11-9(14)5-8(13(19)20)6-18(11)12/h2-6H,1H3,(H,19,20). The van der Waals surface area contributed by atoms with Crippen LogP contribution in [0, 0.1) is 6.92 Å². The Morgan fingerprint density at radius 3 is 2.90 bits per heavy atom. The molecule has 3 rings (SSSR count). The molecule has 0 aromatic carbocycles. The van der Waals surface area contributed by atoms with Crippen LogP contribution in [-0.4, -0.2) is 30.7 Å². The van der Waals surface area contributed by atoms with Crippen molar-refractivity contribution in [1.29, 1.82) is 0 Å². The summed E-state index contributed by atoms with van der Waals surface area (Å²) in [5, 5.41) is 17.4. The fourth-order valence-electron chi connectivity index (χ4n) is 1.95. The van der Waals surface area contributed by atoms with Crippen molar-refractivity contribution in [2.75, 3.05) is 0 Å². The molecule has 0 amide bonds. The average molecular weight is 289 g/mol. The Balaban J connectivity index is 2.33. The van der Waals surface area contributed by atoms with E-state index in [2.05, 4.69) is 15.2 Å². The lowest BCUT2D eigenvalue weighted by molar-refractivity contribution is 0.0696. The summed E-state index contributed by atoms with van der Waals surface area (Å²) >= 11 is 6.04. The van der Waals surface area contributed by atoms with Crippen LogP contribution in [0.1, 0.15) is 15.9 Å². The lowest BCUT2D eigenvalue weighted by Gasteiger charge is -2.04. The fraction of sp³-hybridized carbons (Fsp3) is 0.0769. The molecular weight excluding hydrogens is 280 g/mol. The lowest BCUT2D eigenvalue weighted by Crippen LogP contribution is -2.01. The Bertz CT molecular complexity index is 828. The van der Waals surface area contributed by atoms with Crippen LogP contribution < -0.4 is 0 Å². The smallest absolute Gasteiger partial charge is 0.337 e. The number of carboxylic acid groups (broad SMARTS) is 1. The molecule has 0 saturated heterocycles. The zero-order valence-corrected chi connectivity index (χ0v) is 11.2. The van der Waals surface area contributed by atoms with Crippen LogP contribution in [-0.2, 0) is 0 Å². The number of rotatable bonds is 2. The molecule has 0 spiro atoms. The highest BCUT2D eigenvalue weighted by Gasteiger charge is 2.16. The number of carbonyl (C=O) groups is 1. The van der Waals surface area contributed by atoms with Crippen molar-refractivity contribution in [3.05, 3.63) is 46.7 Å². The highest BCUT2D eigenvalue weighted by atomic mass is 35.5. The summed E-state index contributed by atoms with van der Waals surface area (Å²) < 4.78 is 1.54. The third-order valence-corrected chi connectivity index (χ3v) is 3.21. The minimum atomic E-state index is -1.06. The fourth-order valence-corrected chi connectivity index (χ4v) is 2.20. The van der Waals surface area contributed by atoms with Crippen molar-refractivity contribution < 1.29 is 9.90 Å². The van der Waals surface area contributed by atoms with Gasteiger partial charge in [0, 0.05) is 12.4 Å². The highest BCUT2D eigenvalue weighted by molar-refractivity contribution is 6.33. The summed E-state index contributed by atoms with van der Waals surface area (Å²) in [6.07, 6.45) is 3.08. The van der Waals surface area contributed by atoms with Crippen LogP contribution in [0.3, 0.4) is 0 Å². The van der Waals surface area contributed by atoms with Gasteiger partial charge in [-0.3, -0.25) is 9.38 Å². The zero-order chi connectivity index (χ0) is 14.3. The molecule has 0 radical (unpaired) electrons. The molecule has 100 valence electrons. The second kappa shape index (κ2) is 4.57. The van der Waals surface area contributed by atoms with Crippen molar-refractivity contribution in [2.45, 2.75) is 6.92 Å². The first kappa shape index (κ1) is 12.6. The number of halogens is 1. The van der Waals surface area contributed by atoms with E-state index in [9.17, 15) is 4.79 Å². The normalized spacial score (nSPS) is 10.9. The molecule has 0 saturated carbocycles. The third kappa shape index (κ3) is 1.90. The maximum Gasteiger partial charge on any atom is 0.337 e. The summed E-state index contributed by atoms with van der Waals surface area (Å²) in [5.41, 5.74) is 2.02. The van der Waals surface area contributed by atoms with Gasteiger partial charge in [0.2, 0.25) is 0 Å². The molecule has 20 heavy (non-hydrogen) atoms. The number of aromatic carboxylic acids is 1. The Hall–Kier alpha value is -2.47. The van der Waals surface area contributed by atoms with Gasteiger partial charge in [0.05, 0.1) is 10.6 Å². The Labute approximate surface area is 118 Å². The molecule has 3 aromatic heterocycles. The molecule has 0 unspecified atom stereocenters. The van der Waals surface area contributed by atoms with Gasteiger partial charge in [0.15, 0.2) is 11.5 Å². The first-order valence-corrected chi connectivity index (χ1v) is 6.15. The maximum absolute atomic E-state index is 11.1. The molecule has 0 aliphatic carbocycles. The molecule has 0 aliphatic rings. The van der Waals surface area contributed by atoms with Gasteiger partial charge in [0.1, 0.15) is 5.69 Å². The van der Waals surface area contributed by atoms with E-state index in [-0.39, 0.29) is 10.6 Å². The number of carboxylic acids is 1. The Kier molecular flexibility index (Phi) is 2.87.